The summed E-state index contributed by atoms with van der Waals surface area (Å²) in [5.74, 6) is 2.03. The summed E-state index contributed by atoms with van der Waals surface area (Å²) in [5, 5.41) is 3.37. The summed E-state index contributed by atoms with van der Waals surface area (Å²) in [7, 11) is 0. The van der Waals surface area contributed by atoms with E-state index in [9.17, 15) is 0 Å². The van der Waals surface area contributed by atoms with Gasteiger partial charge in [-0.3, -0.25) is 0 Å². The lowest BCUT2D eigenvalue weighted by atomic mass is 10.2. The van der Waals surface area contributed by atoms with Crippen LogP contribution in [0.2, 0.25) is 0 Å². The average molecular weight is 286 g/mol. The topological polar surface area (TPSA) is 28.4 Å². The van der Waals surface area contributed by atoms with E-state index in [1.807, 2.05) is 0 Å². The van der Waals surface area contributed by atoms with Crippen molar-refractivity contribution in [2.75, 3.05) is 18.0 Å². The number of benzene rings is 1. The number of para-hydroxylation sites is 1. The molecule has 0 amide bonds. The molecule has 3 nitrogen and oxygen atoms in total. The number of hydrogen-bond donors (Lipinski definition) is 1. The Balaban J connectivity index is 2.01. The SMILES string of the molecule is CCCNCc1ccc(CN(CC)c2ccccc2C)o1. The van der Waals surface area contributed by atoms with Crippen molar-refractivity contribution in [3.05, 3.63) is 53.5 Å². The third kappa shape index (κ3) is 4.36. The van der Waals surface area contributed by atoms with Gasteiger partial charge in [-0.2, -0.15) is 0 Å². The van der Waals surface area contributed by atoms with Gasteiger partial charge in [0.15, 0.2) is 0 Å². The second kappa shape index (κ2) is 7.89. The van der Waals surface area contributed by atoms with Gasteiger partial charge in [-0.05, 0) is 50.6 Å². The van der Waals surface area contributed by atoms with Crippen LogP contribution in [0.5, 0.6) is 0 Å². The Morgan fingerprint density at radius 3 is 2.52 bits per heavy atom. The van der Waals surface area contributed by atoms with Crippen molar-refractivity contribution in [1.29, 1.82) is 0 Å². The Labute approximate surface area is 128 Å². The zero-order valence-electron chi connectivity index (χ0n) is 13.4. The summed E-state index contributed by atoms with van der Waals surface area (Å²) in [6.45, 7) is 10.1. The van der Waals surface area contributed by atoms with Crippen molar-refractivity contribution in [2.45, 2.75) is 40.3 Å². The Kier molecular flexibility index (Phi) is 5.88. The predicted octanol–water partition coefficient (Wildman–Crippen LogP) is 4.11. The van der Waals surface area contributed by atoms with Crippen LogP contribution in [0, 0.1) is 6.92 Å². The number of rotatable bonds is 8. The van der Waals surface area contributed by atoms with E-state index in [1.54, 1.807) is 0 Å². The number of nitrogens with zero attached hydrogens (tertiary/aromatic N) is 1. The van der Waals surface area contributed by atoms with Gasteiger partial charge in [0, 0.05) is 12.2 Å². The Bertz CT molecular complexity index is 548. The first-order chi connectivity index (χ1) is 10.2. The molecule has 1 aromatic heterocycles. The first-order valence-electron chi connectivity index (χ1n) is 7.83. The number of furan rings is 1. The maximum absolute atomic E-state index is 5.92. The summed E-state index contributed by atoms with van der Waals surface area (Å²) >= 11 is 0. The highest BCUT2D eigenvalue weighted by atomic mass is 16.3. The van der Waals surface area contributed by atoms with Gasteiger partial charge in [0.05, 0.1) is 13.1 Å². The van der Waals surface area contributed by atoms with Crippen molar-refractivity contribution in [3.8, 4) is 0 Å². The molecule has 0 aliphatic heterocycles. The van der Waals surface area contributed by atoms with E-state index in [1.165, 1.54) is 11.3 Å². The largest absolute Gasteiger partial charge is 0.463 e. The van der Waals surface area contributed by atoms with Crippen LogP contribution in [-0.4, -0.2) is 13.1 Å². The third-order valence-corrected chi connectivity index (χ3v) is 3.63. The number of aryl methyl sites for hydroxylation is 1. The summed E-state index contributed by atoms with van der Waals surface area (Å²) in [4.78, 5) is 2.34. The first-order valence-corrected chi connectivity index (χ1v) is 7.83. The van der Waals surface area contributed by atoms with Crippen molar-refractivity contribution >= 4 is 5.69 Å². The molecule has 2 aromatic rings. The Hall–Kier alpha value is -1.74. The average Bonchev–Trinajstić information content (AvgIpc) is 2.93. The van der Waals surface area contributed by atoms with Crippen LogP contribution < -0.4 is 10.2 Å². The molecule has 0 saturated heterocycles. The van der Waals surface area contributed by atoms with E-state index in [0.29, 0.717) is 0 Å². The summed E-state index contributed by atoms with van der Waals surface area (Å²) in [6.07, 6.45) is 1.14. The van der Waals surface area contributed by atoms with Crippen molar-refractivity contribution in [2.24, 2.45) is 0 Å². The second-order valence-electron chi connectivity index (χ2n) is 5.35. The van der Waals surface area contributed by atoms with Gasteiger partial charge in [0.25, 0.3) is 0 Å². The number of anilines is 1. The lowest BCUT2D eigenvalue weighted by Gasteiger charge is -2.23. The molecule has 0 saturated carbocycles. The van der Waals surface area contributed by atoms with Gasteiger partial charge in [0.2, 0.25) is 0 Å². The van der Waals surface area contributed by atoms with Crippen molar-refractivity contribution < 1.29 is 4.42 Å². The minimum absolute atomic E-state index is 0.810. The molecule has 0 spiro atoms. The maximum atomic E-state index is 5.92. The molecule has 0 radical (unpaired) electrons. The second-order valence-corrected chi connectivity index (χ2v) is 5.35. The highest BCUT2D eigenvalue weighted by Crippen LogP contribution is 2.22. The van der Waals surface area contributed by atoms with E-state index < -0.39 is 0 Å². The maximum Gasteiger partial charge on any atom is 0.123 e. The quantitative estimate of drug-likeness (QED) is 0.740. The predicted molar refractivity (Wildman–Crippen MR) is 88.6 cm³/mol. The van der Waals surface area contributed by atoms with Gasteiger partial charge >= 0.3 is 0 Å². The highest BCUT2D eigenvalue weighted by molar-refractivity contribution is 5.52. The van der Waals surface area contributed by atoms with Crippen LogP contribution in [0.15, 0.2) is 40.8 Å². The number of nitrogens with one attached hydrogen (secondary N) is 1. The smallest absolute Gasteiger partial charge is 0.123 e. The summed E-state index contributed by atoms with van der Waals surface area (Å²) in [6, 6.07) is 12.7. The van der Waals surface area contributed by atoms with E-state index in [4.69, 9.17) is 4.42 Å². The molecule has 21 heavy (non-hydrogen) atoms. The monoisotopic (exact) mass is 286 g/mol. The van der Waals surface area contributed by atoms with E-state index in [-0.39, 0.29) is 0 Å². The van der Waals surface area contributed by atoms with Gasteiger partial charge in [0.1, 0.15) is 11.5 Å². The molecule has 2 rings (SSSR count). The molecule has 0 unspecified atom stereocenters. The first kappa shape index (κ1) is 15.6. The minimum atomic E-state index is 0.810. The Morgan fingerprint density at radius 2 is 1.81 bits per heavy atom. The molecule has 114 valence electrons. The standard InChI is InChI=1S/C18H26N2O/c1-4-12-19-13-16-10-11-17(21-16)14-20(5-2)18-9-7-6-8-15(18)3/h6-11,19H,4-5,12-14H2,1-3H3. The van der Waals surface area contributed by atoms with Crippen molar-refractivity contribution in [1.82, 2.24) is 5.32 Å². The molecule has 1 heterocycles. The third-order valence-electron chi connectivity index (χ3n) is 3.63. The van der Waals surface area contributed by atoms with E-state index >= 15 is 0 Å². The van der Waals surface area contributed by atoms with Crippen LogP contribution in [-0.2, 0) is 13.1 Å². The summed E-state index contributed by atoms with van der Waals surface area (Å²) in [5.41, 5.74) is 2.58. The van der Waals surface area contributed by atoms with E-state index in [2.05, 4.69) is 67.4 Å². The van der Waals surface area contributed by atoms with Crippen LogP contribution >= 0.6 is 0 Å². The minimum Gasteiger partial charge on any atom is -0.463 e. The van der Waals surface area contributed by atoms with Crippen LogP contribution in [0.25, 0.3) is 0 Å². The van der Waals surface area contributed by atoms with Crippen molar-refractivity contribution in [3.63, 3.8) is 0 Å². The van der Waals surface area contributed by atoms with Crippen LogP contribution in [0.4, 0.5) is 5.69 Å². The number of hydrogen-bond acceptors (Lipinski definition) is 3. The van der Waals surface area contributed by atoms with Gasteiger partial charge in [-0.15, -0.1) is 0 Å². The van der Waals surface area contributed by atoms with Gasteiger partial charge in [-0.25, -0.2) is 0 Å². The summed E-state index contributed by atoms with van der Waals surface area (Å²) < 4.78 is 5.92. The Morgan fingerprint density at radius 1 is 1.05 bits per heavy atom. The molecule has 0 fully saturated rings. The highest BCUT2D eigenvalue weighted by Gasteiger charge is 2.10. The fourth-order valence-electron chi connectivity index (χ4n) is 2.46. The normalized spacial score (nSPS) is 10.8. The molecule has 1 N–H and O–H groups in total. The fraction of sp³-hybridized carbons (Fsp3) is 0.444. The molecule has 3 heteroatoms. The molecule has 0 bridgehead atoms. The molecule has 0 aliphatic rings. The lowest BCUT2D eigenvalue weighted by Crippen LogP contribution is -2.22. The van der Waals surface area contributed by atoms with E-state index in [0.717, 1.165) is 44.1 Å². The molecule has 0 aliphatic carbocycles. The van der Waals surface area contributed by atoms with Crippen LogP contribution in [0.1, 0.15) is 37.4 Å². The molecular weight excluding hydrogens is 260 g/mol. The molecule has 1 aromatic carbocycles. The fourth-order valence-corrected chi connectivity index (χ4v) is 2.46. The van der Waals surface area contributed by atoms with Gasteiger partial charge in [-0.1, -0.05) is 25.1 Å². The molecule has 0 atom stereocenters. The lowest BCUT2D eigenvalue weighted by molar-refractivity contribution is 0.444. The zero-order chi connectivity index (χ0) is 15.1. The molecular formula is C18H26N2O. The van der Waals surface area contributed by atoms with Crippen LogP contribution in [0.3, 0.4) is 0 Å². The zero-order valence-corrected chi connectivity index (χ0v) is 13.4. The van der Waals surface area contributed by atoms with Gasteiger partial charge < -0.3 is 14.6 Å².